The molecule has 31 heavy (non-hydrogen) atoms. The first-order chi connectivity index (χ1) is 15.0. The van der Waals surface area contributed by atoms with Gasteiger partial charge in [-0.1, -0.05) is 6.92 Å². The first-order valence-corrected chi connectivity index (χ1v) is 12.2. The topological polar surface area (TPSA) is 124 Å². The Morgan fingerprint density at radius 2 is 2.03 bits per heavy atom. The maximum absolute atomic E-state index is 12.6. The molecule has 2 aromatic rings. The number of pyridine rings is 1. The van der Waals surface area contributed by atoms with Gasteiger partial charge in [0.1, 0.15) is 17.3 Å². The van der Waals surface area contributed by atoms with Crippen molar-refractivity contribution in [1.29, 1.82) is 5.26 Å². The summed E-state index contributed by atoms with van der Waals surface area (Å²) in [5, 5.41) is 17.4. The van der Waals surface area contributed by atoms with Gasteiger partial charge in [0.15, 0.2) is 0 Å². The fourth-order valence-corrected chi connectivity index (χ4v) is 5.80. The van der Waals surface area contributed by atoms with E-state index >= 15 is 0 Å². The summed E-state index contributed by atoms with van der Waals surface area (Å²) in [6.07, 6.45) is 5.60. The molecule has 0 radical (unpaired) electrons. The zero-order chi connectivity index (χ0) is 21.8. The summed E-state index contributed by atoms with van der Waals surface area (Å²) in [7, 11) is -3.49. The second-order valence-corrected chi connectivity index (χ2v) is 9.75. The van der Waals surface area contributed by atoms with Crippen LogP contribution < -0.4 is 4.72 Å². The number of nitriles is 1. The Bertz CT molecular complexity index is 1050. The maximum atomic E-state index is 12.6. The van der Waals surface area contributed by atoms with Crippen LogP contribution in [0.4, 0.5) is 0 Å². The smallest absolute Gasteiger partial charge is 0.279 e. The zero-order valence-electron chi connectivity index (χ0n) is 17.7. The number of aromatic amines is 1. The third-order valence-electron chi connectivity index (χ3n) is 6.12. The minimum absolute atomic E-state index is 0.0932. The van der Waals surface area contributed by atoms with Gasteiger partial charge in [0.05, 0.1) is 18.9 Å². The molecule has 166 valence electrons. The number of aryl methyl sites for hydroxylation is 1. The Morgan fingerprint density at radius 3 is 2.71 bits per heavy atom. The summed E-state index contributed by atoms with van der Waals surface area (Å²) in [4.78, 5) is 4.32. The van der Waals surface area contributed by atoms with Crippen LogP contribution in [0.25, 0.3) is 11.3 Å². The summed E-state index contributed by atoms with van der Waals surface area (Å²) in [6.45, 7) is 3.69. The van der Waals surface area contributed by atoms with Crippen LogP contribution in [0.1, 0.15) is 55.5 Å². The summed E-state index contributed by atoms with van der Waals surface area (Å²) in [5.74, 6) is 0.160. The van der Waals surface area contributed by atoms with Crippen molar-refractivity contribution in [1.82, 2.24) is 24.2 Å². The van der Waals surface area contributed by atoms with Crippen molar-refractivity contribution in [3.05, 3.63) is 35.3 Å². The summed E-state index contributed by atoms with van der Waals surface area (Å²) in [6, 6.07) is 6.08. The Morgan fingerprint density at radius 1 is 1.29 bits per heavy atom. The molecule has 0 unspecified atom stereocenters. The molecule has 3 heterocycles. The second-order valence-electron chi connectivity index (χ2n) is 8.04. The SMILES string of the molecule is CCc1cc(-c2n[nH]c(C3CCC(NS(=O)(=O)N4CCOCC4)CC3)c2C#N)ccn1. The average Bonchev–Trinajstić information content (AvgIpc) is 3.24. The Balaban J connectivity index is 1.43. The molecule has 2 aromatic heterocycles. The third-order valence-corrected chi connectivity index (χ3v) is 7.80. The van der Waals surface area contributed by atoms with Crippen molar-refractivity contribution in [2.24, 2.45) is 0 Å². The van der Waals surface area contributed by atoms with Crippen LogP contribution in [-0.4, -0.2) is 60.2 Å². The maximum Gasteiger partial charge on any atom is 0.279 e. The number of ether oxygens (including phenoxy) is 1. The zero-order valence-corrected chi connectivity index (χ0v) is 18.5. The van der Waals surface area contributed by atoms with Gasteiger partial charge >= 0.3 is 0 Å². The molecular weight excluding hydrogens is 416 g/mol. The molecule has 0 aromatic carbocycles. The van der Waals surface area contributed by atoms with Gasteiger partial charge in [-0.25, -0.2) is 0 Å². The van der Waals surface area contributed by atoms with Gasteiger partial charge in [0.25, 0.3) is 10.2 Å². The van der Waals surface area contributed by atoms with Crippen molar-refractivity contribution in [2.45, 2.75) is 51.0 Å². The van der Waals surface area contributed by atoms with E-state index in [0.29, 0.717) is 37.6 Å². The lowest BCUT2D eigenvalue weighted by molar-refractivity contribution is 0.0722. The van der Waals surface area contributed by atoms with E-state index in [2.05, 4.69) is 26.0 Å². The molecule has 0 atom stereocenters. The number of nitrogens with zero attached hydrogens (tertiary/aromatic N) is 4. The molecule has 9 nitrogen and oxygen atoms in total. The van der Waals surface area contributed by atoms with E-state index in [1.807, 2.05) is 19.1 Å². The lowest BCUT2D eigenvalue weighted by Gasteiger charge is -2.32. The molecule has 0 spiro atoms. The van der Waals surface area contributed by atoms with Gasteiger partial charge in [-0.3, -0.25) is 10.1 Å². The van der Waals surface area contributed by atoms with E-state index in [1.54, 1.807) is 6.20 Å². The third kappa shape index (κ3) is 4.80. The highest BCUT2D eigenvalue weighted by Gasteiger charge is 2.32. The highest BCUT2D eigenvalue weighted by Crippen LogP contribution is 2.36. The molecule has 1 aliphatic heterocycles. The normalized spacial score (nSPS) is 22.8. The molecule has 1 saturated heterocycles. The number of morpholine rings is 1. The quantitative estimate of drug-likeness (QED) is 0.703. The van der Waals surface area contributed by atoms with Crippen LogP contribution >= 0.6 is 0 Å². The highest BCUT2D eigenvalue weighted by molar-refractivity contribution is 7.87. The molecule has 2 fully saturated rings. The number of H-pyrrole nitrogens is 1. The van der Waals surface area contributed by atoms with E-state index in [-0.39, 0.29) is 12.0 Å². The minimum Gasteiger partial charge on any atom is -0.379 e. The molecule has 10 heteroatoms. The van der Waals surface area contributed by atoms with E-state index in [4.69, 9.17) is 4.74 Å². The van der Waals surface area contributed by atoms with Gasteiger partial charge < -0.3 is 4.74 Å². The molecule has 0 amide bonds. The van der Waals surface area contributed by atoms with E-state index < -0.39 is 10.2 Å². The van der Waals surface area contributed by atoms with Crippen molar-refractivity contribution in [3.8, 4) is 17.3 Å². The largest absolute Gasteiger partial charge is 0.379 e. The monoisotopic (exact) mass is 444 g/mol. The van der Waals surface area contributed by atoms with Crippen LogP contribution in [0.3, 0.4) is 0 Å². The molecule has 2 N–H and O–H groups in total. The van der Waals surface area contributed by atoms with Gasteiger partial charge in [0, 0.05) is 42.5 Å². The number of aromatic nitrogens is 3. The van der Waals surface area contributed by atoms with E-state index in [0.717, 1.165) is 49.1 Å². The predicted octanol–water partition coefficient (Wildman–Crippen LogP) is 2.10. The summed E-state index contributed by atoms with van der Waals surface area (Å²) < 4.78 is 34.8. The van der Waals surface area contributed by atoms with Crippen LogP contribution in [0, 0.1) is 11.3 Å². The van der Waals surface area contributed by atoms with Crippen molar-refractivity contribution >= 4 is 10.2 Å². The molecule has 4 rings (SSSR count). The summed E-state index contributed by atoms with van der Waals surface area (Å²) >= 11 is 0. The molecular formula is C21H28N6O3S. The molecule has 1 saturated carbocycles. The number of hydrogen-bond donors (Lipinski definition) is 2. The van der Waals surface area contributed by atoms with E-state index in [9.17, 15) is 13.7 Å². The molecule has 0 bridgehead atoms. The second kappa shape index (κ2) is 9.44. The van der Waals surface area contributed by atoms with Gasteiger partial charge in [0.2, 0.25) is 0 Å². The Labute approximate surface area is 183 Å². The van der Waals surface area contributed by atoms with Crippen molar-refractivity contribution in [2.75, 3.05) is 26.3 Å². The van der Waals surface area contributed by atoms with Crippen LogP contribution in [0.2, 0.25) is 0 Å². The first kappa shape index (κ1) is 21.9. The standard InChI is InChI=1S/C21H28N6O3S/c1-2-17-13-16(7-8-23-17)21-19(14-22)20(24-25-21)15-3-5-18(6-4-15)26-31(28,29)27-9-11-30-12-10-27/h7-8,13,15,18,26H,2-6,9-12H2,1H3,(H,24,25). The lowest BCUT2D eigenvalue weighted by Crippen LogP contribution is -2.50. The van der Waals surface area contributed by atoms with Crippen LogP contribution in [-0.2, 0) is 21.4 Å². The molecule has 2 aliphatic rings. The number of nitrogens with one attached hydrogen (secondary N) is 2. The predicted molar refractivity (Wildman–Crippen MR) is 115 cm³/mol. The Hall–Kier alpha value is -2.32. The average molecular weight is 445 g/mol. The van der Waals surface area contributed by atoms with Crippen LogP contribution in [0.15, 0.2) is 18.3 Å². The number of hydrogen-bond acceptors (Lipinski definition) is 6. The van der Waals surface area contributed by atoms with Gasteiger partial charge in [-0.05, 0) is 44.2 Å². The molecule has 1 aliphatic carbocycles. The minimum atomic E-state index is -3.49. The lowest BCUT2D eigenvalue weighted by atomic mass is 9.83. The van der Waals surface area contributed by atoms with E-state index in [1.165, 1.54) is 4.31 Å². The fourth-order valence-electron chi connectivity index (χ4n) is 4.36. The first-order valence-electron chi connectivity index (χ1n) is 10.8. The van der Waals surface area contributed by atoms with Gasteiger partial charge in [-0.2, -0.15) is 27.8 Å². The number of rotatable bonds is 6. The summed E-state index contributed by atoms with van der Waals surface area (Å²) in [5.41, 5.74) is 3.93. The fraction of sp³-hybridized carbons (Fsp3) is 0.571. The van der Waals surface area contributed by atoms with Gasteiger partial charge in [-0.15, -0.1) is 0 Å². The van der Waals surface area contributed by atoms with Crippen molar-refractivity contribution in [3.63, 3.8) is 0 Å². The Kier molecular flexibility index (Phi) is 6.67. The highest BCUT2D eigenvalue weighted by atomic mass is 32.2. The van der Waals surface area contributed by atoms with Crippen LogP contribution in [0.5, 0.6) is 0 Å². The van der Waals surface area contributed by atoms with Crippen molar-refractivity contribution < 1.29 is 13.2 Å².